The number of hydrogen-bond acceptors (Lipinski definition) is 2. The molecule has 4 rings (SSSR count). The maximum Gasteiger partial charge on any atom is 0.284 e. The van der Waals surface area contributed by atoms with Crippen LogP contribution in [0.3, 0.4) is 0 Å². The highest BCUT2D eigenvalue weighted by molar-refractivity contribution is 7.90. The molecule has 6 heteroatoms. The summed E-state index contributed by atoms with van der Waals surface area (Å²) in [4.78, 5) is 2.00. The minimum atomic E-state index is -3.98. The number of hydrogen-bond donors (Lipinski definition) is 0. The molecule has 0 fully saturated rings. The second-order valence-corrected chi connectivity index (χ2v) is 9.16. The van der Waals surface area contributed by atoms with Gasteiger partial charge in [0.1, 0.15) is 0 Å². The van der Waals surface area contributed by atoms with Crippen molar-refractivity contribution in [2.75, 3.05) is 4.90 Å². The molecule has 0 bridgehead atoms. The lowest BCUT2D eigenvalue weighted by Gasteiger charge is -2.26. The Kier molecular flexibility index (Phi) is 6.69. The Morgan fingerprint density at radius 1 is 0.719 bits per heavy atom. The summed E-state index contributed by atoms with van der Waals surface area (Å²) in [5, 5.41) is 0.464. The molecule has 0 saturated heterocycles. The van der Waals surface area contributed by atoms with Crippen LogP contribution in [0.5, 0.6) is 0 Å². The summed E-state index contributed by atoms with van der Waals surface area (Å²) < 4.78 is 30.8. The van der Waals surface area contributed by atoms with Crippen molar-refractivity contribution in [1.29, 1.82) is 0 Å². The van der Waals surface area contributed by atoms with Crippen LogP contribution in [-0.2, 0) is 16.6 Å². The maximum atomic E-state index is 13.3. The van der Waals surface area contributed by atoms with E-state index in [1.54, 1.807) is 12.1 Å². The van der Waals surface area contributed by atoms with E-state index in [0.717, 1.165) is 11.3 Å². The molecule has 4 nitrogen and oxygen atoms in total. The van der Waals surface area contributed by atoms with E-state index in [1.807, 2.05) is 95.9 Å². The number of sulfonamides is 1. The van der Waals surface area contributed by atoms with E-state index in [0.29, 0.717) is 23.0 Å². The molecule has 0 saturated carbocycles. The third-order valence-electron chi connectivity index (χ3n) is 4.86. The van der Waals surface area contributed by atoms with Gasteiger partial charge in [0.05, 0.1) is 4.90 Å². The van der Waals surface area contributed by atoms with E-state index >= 15 is 0 Å². The molecule has 0 atom stereocenters. The quantitative estimate of drug-likeness (QED) is 0.255. The summed E-state index contributed by atoms with van der Waals surface area (Å²) in [6, 6.07) is 34.9. The molecule has 4 aromatic rings. The number of amidine groups is 1. The zero-order chi connectivity index (χ0) is 22.4. The molecule has 0 N–H and O–H groups in total. The lowest BCUT2D eigenvalue weighted by molar-refractivity contribution is 0.598. The van der Waals surface area contributed by atoms with Crippen LogP contribution in [0.25, 0.3) is 0 Å². The Morgan fingerprint density at radius 3 is 1.84 bits per heavy atom. The van der Waals surface area contributed by atoms with Gasteiger partial charge in [-0.15, -0.1) is 4.40 Å². The highest BCUT2D eigenvalue weighted by atomic mass is 35.5. The van der Waals surface area contributed by atoms with E-state index in [1.165, 1.54) is 12.1 Å². The lowest BCUT2D eigenvalue weighted by atomic mass is 10.1. The number of para-hydroxylation sites is 1. The normalized spacial score (nSPS) is 11.8. The Bertz CT molecular complexity index is 1290. The van der Waals surface area contributed by atoms with Gasteiger partial charge in [0.2, 0.25) is 0 Å². The minimum absolute atomic E-state index is 0.0862. The van der Waals surface area contributed by atoms with E-state index in [2.05, 4.69) is 4.40 Å². The summed E-state index contributed by atoms with van der Waals surface area (Å²) in [5.41, 5.74) is 2.57. The fourth-order valence-electron chi connectivity index (χ4n) is 3.28. The Hall–Kier alpha value is -3.41. The molecule has 0 aliphatic carbocycles. The molecule has 0 aliphatic heterocycles. The van der Waals surface area contributed by atoms with Crippen molar-refractivity contribution in [2.45, 2.75) is 11.4 Å². The van der Waals surface area contributed by atoms with Crippen molar-refractivity contribution in [3.05, 3.63) is 131 Å². The standard InChI is InChI=1S/C26H21ClN2O2S/c27-23-16-18-25(19-17-23)32(30,31)28-26(22-12-6-2-7-13-22)29(24-14-8-3-9-15-24)20-21-10-4-1-5-11-21/h1-19H,20H2. The smallest absolute Gasteiger partial charge is 0.284 e. The van der Waals surface area contributed by atoms with Gasteiger partial charge in [-0.1, -0.05) is 90.5 Å². The number of benzene rings is 4. The molecule has 0 aliphatic rings. The monoisotopic (exact) mass is 460 g/mol. The minimum Gasteiger partial charge on any atom is -0.321 e. The molecule has 0 spiro atoms. The molecule has 160 valence electrons. The van der Waals surface area contributed by atoms with Crippen molar-refractivity contribution >= 4 is 33.1 Å². The topological polar surface area (TPSA) is 49.7 Å². The molecule has 0 unspecified atom stereocenters. The van der Waals surface area contributed by atoms with E-state index in [4.69, 9.17) is 11.6 Å². The first-order valence-corrected chi connectivity index (χ1v) is 11.9. The molecule has 4 aromatic carbocycles. The first-order chi connectivity index (χ1) is 15.5. The largest absolute Gasteiger partial charge is 0.321 e. The van der Waals surface area contributed by atoms with Gasteiger partial charge >= 0.3 is 0 Å². The zero-order valence-electron chi connectivity index (χ0n) is 17.2. The van der Waals surface area contributed by atoms with Gasteiger partial charge in [-0.25, -0.2) is 0 Å². The van der Waals surface area contributed by atoms with Crippen molar-refractivity contribution in [3.8, 4) is 0 Å². The first-order valence-electron chi connectivity index (χ1n) is 10.1. The van der Waals surface area contributed by atoms with Gasteiger partial charge in [-0.05, 0) is 42.0 Å². The number of anilines is 1. The highest BCUT2D eigenvalue weighted by Crippen LogP contribution is 2.24. The Balaban J connectivity index is 1.88. The van der Waals surface area contributed by atoms with Gasteiger partial charge in [-0.2, -0.15) is 8.42 Å². The fraction of sp³-hybridized carbons (Fsp3) is 0.0385. The van der Waals surface area contributed by atoms with E-state index in [9.17, 15) is 8.42 Å². The molecular weight excluding hydrogens is 440 g/mol. The van der Waals surface area contributed by atoms with Crippen LogP contribution in [0.15, 0.2) is 125 Å². The maximum absolute atomic E-state index is 13.3. The Labute approximate surface area is 193 Å². The van der Waals surface area contributed by atoms with Crippen LogP contribution in [0, 0.1) is 0 Å². The summed E-state index contributed by atoms with van der Waals surface area (Å²) in [5.74, 6) is 0.343. The van der Waals surface area contributed by atoms with Gasteiger partial charge in [0, 0.05) is 22.8 Å². The lowest BCUT2D eigenvalue weighted by Crippen LogP contribution is -2.32. The van der Waals surface area contributed by atoms with Gasteiger partial charge in [-0.3, -0.25) is 0 Å². The molecule has 0 amide bonds. The third kappa shape index (κ3) is 5.25. The predicted molar refractivity (Wildman–Crippen MR) is 131 cm³/mol. The molecule has 0 aromatic heterocycles. The van der Waals surface area contributed by atoms with E-state index in [-0.39, 0.29) is 4.90 Å². The van der Waals surface area contributed by atoms with Crippen LogP contribution < -0.4 is 4.90 Å². The second-order valence-electron chi connectivity index (χ2n) is 7.12. The second kappa shape index (κ2) is 9.81. The number of rotatable bonds is 6. The average molecular weight is 461 g/mol. The predicted octanol–water partition coefficient (Wildman–Crippen LogP) is 6.18. The van der Waals surface area contributed by atoms with E-state index < -0.39 is 10.0 Å². The number of halogens is 1. The third-order valence-corrected chi connectivity index (χ3v) is 6.39. The van der Waals surface area contributed by atoms with Crippen LogP contribution in [-0.4, -0.2) is 14.3 Å². The zero-order valence-corrected chi connectivity index (χ0v) is 18.7. The van der Waals surface area contributed by atoms with Crippen molar-refractivity contribution in [2.24, 2.45) is 4.40 Å². The van der Waals surface area contributed by atoms with Crippen molar-refractivity contribution in [3.63, 3.8) is 0 Å². The van der Waals surface area contributed by atoms with Gasteiger partial charge < -0.3 is 4.90 Å². The van der Waals surface area contributed by atoms with Crippen LogP contribution in [0.1, 0.15) is 11.1 Å². The average Bonchev–Trinajstić information content (AvgIpc) is 2.83. The molecule has 32 heavy (non-hydrogen) atoms. The molecule has 0 radical (unpaired) electrons. The molecule has 0 heterocycles. The van der Waals surface area contributed by atoms with Gasteiger partial charge in [0.25, 0.3) is 10.0 Å². The van der Waals surface area contributed by atoms with Crippen molar-refractivity contribution in [1.82, 2.24) is 0 Å². The summed E-state index contributed by atoms with van der Waals surface area (Å²) in [6.07, 6.45) is 0. The summed E-state index contributed by atoms with van der Waals surface area (Å²) in [6.45, 7) is 0.453. The van der Waals surface area contributed by atoms with Gasteiger partial charge in [0.15, 0.2) is 5.84 Å². The summed E-state index contributed by atoms with van der Waals surface area (Å²) >= 11 is 5.95. The SMILES string of the molecule is O=S(=O)(N=C(c1ccccc1)N(Cc1ccccc1)c1ccccc1)c1ccc(Cl)cc1. The van der Waals surface area contributed by atoms with Crippen LogP contribution in [0.2, 0.25) is 5.02 Å². The molecular formula is C26H21ClN2O2S. The number of nitrogens with zero attached hydrogens (tertiary/aromatic N) is 2. The van der Waals surface area contributed by atoms with Crippen LogP contribution in [0.4, 0.5) is 5.69 Å². The summed E-state index contributed by atoms with van der Waals surface area (Å²) in [7, 11) is -3.98. The fourth-order valence-corrected chi connectivity index (χ4v) is 4.42. The Morgan fingerprint density at radius 2 is 1.25 bits per heavy atom. The van der Waals surface area contributed by atoms with Crippen LogP contribution >= 0.6 is 11.6 Å². The van der Waals surface area contributed by atoms with Crippen molar-refractivity contribution < 1.29 is 8.42 Å². The highest BCUT2D eigenvalue weighted by Gasteiger charge is 2.21. The first kappa shape index (κ1) is 21.8.